The lowest BCUT2D eigenvalue weighted by molar-refractivity contribution is -0.137. The number of alkyl halides is 3. The number of hydrogen-bond acceptors (Lipinski definition) is 2. The molecule has 1 fully saturated rings. The first-order valence-electron chi connectivity index (χ1n) is 5.59. The van der Waals surface area contributed by atoms with E-state index in [9.17, 15) is 22.8 Å². The van der Waals surface area contributed by atoms with Crippen LogP contribution in [-0.4, -0.2) is 11.6 Å². The SMILES string of the molecule is O=C1CCC(c2ccc(C(F)(F)F)cc2)C(=O)C1. The highest BCUT2D eigenvalue weighted by atomic mass is 19.4. The Balaban J connectivity index is 2.20. The van der Waals surface area contributed by atoms with Crippen LogP contribution >= 0.6 is 0 Å². The number of halogens is 3. The van der Waals surface area contributed by atoms with Gasteiger partial charge in [-0.05, 0) is 24.1 Å². The Bertz CT molecular complexity index is 474. The van der Waals surface area contributed by atoms with Gasteiger partial charge in [0.05, 0.1) is 12.0 Å². The molecule has 1 atom stereocenters. The first-order chi connectivity index (χ1) is 8.38. The quantitative estimate of drug-likeness (QED) is 0.723. The summed E-state index contributed by atoms with van der Waals surface area (Å²) in [7, 11) is 0. The maximum Gasteiger partial charge on any atom is 0.416 e. The molecule has 1 aliphatic carbocycles. The van der Waals surface area contributed by atoms with Crippen LogP contribution in [0.15, 0.2) is 24.3 Å². The maximum atomic E-state index is 12.4. The molecule has 0 N–H and O–H groups in total. The van der Waals surface area contributed by atoms with Crippen molar-refractivity contribution in [3.05, 3.63) is 35.4 Å². The van der Waals surface area contributed by atoms with Crippen molar-refractivity contribution in [3.63, 3.8) is 0 Å². The topological polar surface area (TPSA) is 34.1 Å². The van der Waals surface area contributed by atoms with Gasteiger partial charge in [-0.25, -0.2) is 0 Å². The minimum atomic E-state index is -4.37. The Labute approximate surface area is 102 Å². The van der Waals surface area contributed by atoms with Gasteiger partial charge in [0.15, 0.2) is 0 Å². The third kappa shape index (κ3) is 2.60. The molecule has 0 radical (unpaired) electrons. The summed E-state index contributed by atoms with van der Waals surface area (Å²) in [6.45, 7) is 0. The average molecular weight is 256 g/mol. The van der Waals surface area contributed by atoms with Crippen LogP contribution in [0.2, 0.25) is 0 Å². The average Bonchev–Trinajstić information content (AvgIpc) is 2.28. The van der Waals surface area contributed by atoms with Crippen LogP contribution in [0.25, 0.3) is 0 Å². The first kappa shape index (κ1) is 12.8. The Kier molecular flexibility index (Phi) is 3.24. The van der Waals surface area contributed by atoms with Crippen molar-refractivity contribution in [2.45, 2.75) is 31.4 Å². The maximum absolute atomic E-state index is 12.4. The third-order valence-electron chi connectivity index (χ3n) is 3.11. The van der Waals surface area contributed by atoms with Crippen molar-refractivity contribution in [1.29, 1.82) is 0 Å². The van der Waals surface area contributed by atoms with E-state index in [1.807, 2.05) is 0 Å². The summed E-state index contributed by atoms with van der Waals surface area (Å²) >= 11 is 0. The molecule has 1 unspecified atom stereocenters. The summed E-state index contributed by atoms with van der Waals surface area (Å²) in [5, 5.41) is 0. The molecule has 0 saturated heterocycles. The molecule has 0 amide bonds. The predicted molar refractivity (Wildman–Crippen MR) is 58.1 cm³/mol. The van der Waals surface area contributed by atoms with Crippen LogP contribution in [0.1, 0.15) is 36.3 Å². The summed E-state index contributed by atoms with van der Waals surface area (Å²) in [6.07, 6.45) is -3.77. The smallest absolute Gasteiger partial charge is 0.299 e. The van der Waals surface area contributed by atoms with E-state index in [0.717, 1.165) is 12.1 Å². The van der Waals surface area contributed by atoms with E-state index in [-0.39, 0.29) is 18.0 Å². The zero-order chi connectivity index (χ0) is 13.3. The van der Waals surface area contributed by atoms with Crippen LogP contribution in [0.3, 0.4) is 0 Å². The van der Waals surface area contributed by atoms with Gasteiger partial charge in [0.2, 0.25) is 0 Å². The Morgan fingerprint density at radius 2 is 1.67 bits per heavy atom. The van der Waals surface area contributed by atoms with Crippen LogP contribution in [-0.2, 0) is 15.8 Å². The molecule has 2 nitrogen and oxygen atoms in total. The van der Waals surface area contributed by atoms with E-state index in [0.29, 0.717) is 18.4 Å². The summed E-state index contributed by atoms with van der Waals surface area (Å²) in [4.78, 5) is 22.7. The van der Waals surface area contributed by atoms with Crippen molar-refractivity contribution >= 4 is 11.6 Å². The standard InChI is InChI=1S/C13H11F3O2/c14-13(15,16)9-3-1-8(2-4-9)11-6-5-10(17)7-12(11)18/h1-4,11H,5-7H2. The van der Waals surface area contributed by atoms with Crippen molar-refractivity contribution in [1.82, 2.24) is 0 Å². The fourth-order valence-corrected chi connectivity index (χ4v) is 2.13. The lowest BCUT2D eigenvalue weighted by Gasteiger charge is -2.20. The molecule has 18 heavy (non-hydrogen) atoms. The Morgan fingerprint density at radius 1 is 1.06 bits per heavy atom. The lowest BCUT2D eigenvalue weighted by Crippen LogP contribution is -2.23. The second-order valence-electron chi connectivity index (χ2n) is 4.39. The molecule has 0 aliphatic heterocycles. The van der Waals surface area contributed by atoms with Crippen LogP contribution < -0.4 is 0 Å². The molecule has 0 aromatic heterocycles. The number of hydrogen-bond donors (Lipinski definition) is 0. The zero-order valence-electron chi connectivity index (χ0n) is 9.46. The molecule has 0 heterocycles. The van der Waals surface area contributed by atoms with Crippen LogP contribution in [0.5, 0.6) is 0 Å². The van der Waals surface area contributed by atoms with Gasteiger partial charge < -0.3 is 0 Å². The van der Waals surface area contributed by atoms with E-state index >= 15 is 0 Å². The van der Waals surface area contributed by atoms with Gasteiger partial charge in [0.25, 0.3) is 0 Å². The van der Waals surface area contributed by atoms with Gasteiger partial charge >= 0.3 is 6.18 Å². The van der Waals surface area contributed by atoms with Crippen molar-refractivity contribution in [2.75, 3.05) is 0 Å². The summed E-state index contributed by atoms with van der Waals surface area (Å²) < 4.78 is 37.1. The molecule has 1 aromatic rings. The highest BCUT2D eigenvalue weighted by Crippen LogP contribution is 2.32. The van der Waals surface area contributed by atoms with Crippen molar-refractivity contribution in [2.24, 2.45) is 0 Å². The van der Waals surface area contributed by atoms with Crippen molar-refractivity contribution in [3.8, 4) is 0 Å². The van der Waals surface area contributed by atoms with E-state index in [1.165, 1.54) is 12.1 Å². The molecular weight excluding hydrogens is 245 g/mol. The molecule has 5 heteroatoms. The van der Waals surface area contributed by atoms with Crippen LogP contribution in [0, 0.1) is 0 Å². The fraction of sp³-hybridized carbons (Fsp3) is 0.385. The predicted octanol–water partition coefficient (Wildman–Crippen LogP) is 3.11. The molecule has 1 aromatic carbocycles. The van der Waals surface area contributed by atoms with E-state index < -0.39 is 17.7 Å². The number of carbonyl (C=O) groups excluding carboxylic acids is 2. The molecule has 1 aliphatic rings. The monoisotopic (exact) mass is 256 g/mol. The largest absolute Gasteiger partial charge is 0.416 e. The second kappa shape index (κ2) is 4.55. The Hall–Kier alpha value is -1.65. The third-order valence-corrected chi connectivity index (χ3v) is 3.11. The number of carbonyl (C=O) groups is 2. The molecular formula is C13H11F3O2. The number of rotatable bonds is 1. The van der Waals surface area contributed by atoms with E-state index in [2.05, 4.69) is 0 Å². The van der Waals surface area contributed by atoms with Crippen LogP contribution in [0.4, 0.5) is 13.2 Å². The zero-order valence-corrected chi connectivity index (χ0v) is 9.46. The summed E-state index contributed by atoms with van der Waals surface area (Å²) in [6, 6.07) is 4.58. The van der Waals surface area contributed by atoms with Gasteiger partial charge in [-0.3, -0.25) is 9.59 Å². The second-order valence-corrected chi connectivity index (χ2v) is 4.39. The van der Waals surface area contributed by atoms with Gasteiger partial charge in [0, 0.05) is 12.3 Å². The first-order valence-corrected chi connectivity index (χ1v) is 5.59. The van der Waals surface area contributed by atoms with E-state index in [1.54, 1.807) is 0 Å². The molecule has 0 spiro atoms. The minimum Gasteiger partial charge on any atom is -0.299 e. The Morgan fingerprint density at radius 3 is 2.17 bits per heavy atom. The minimum absolute atomic E-state index is 0.0943. The van der Waals surface area contributed by atoms with Gasteiger partial charge in [-0.1, -0.05) is 12.1 Å². The lowest BCUT2D eigenvalue weighted by atomic mass is 9.82. The number of Topliss-reactive ketones (excluding diaryl/α,β-unsaturated/α-hetero) is 2. The normalized spacial score (nSPS) is 21.2. The molecule has 2 rings (SSSR count). The van der Waals surface area contributed by atoms with E-state index in [4.69, 9.17) is 0 Å². The highest BCUT2D eigenvalue weighted by Gasteiger charge is 2.32. The summed E-state index contributed by atoms with van der Waals surface area (Å²) in [5.41, 5.74) is -0.175. The van der Waals surface area contributed by atoms with Gasteiger partial charge in [-0.15, -0.1) is 0 Å². The number of benzene rings is 1. The molecule has 1 saturated carbocycles. The molecule has 96 valence electrons. The fourth-order valence-electron chi connectivity index (χ4n) is 2.13. The van der Waals surface area contributed by atoms with Crippen molar-refractivity contribution < 1.29 is 22.8 Å². The highest BCUT2D eigenvalue weighted by molar-refractivity contribution is 6.04. The number of ketones is 2. The summed E-state index contributed by atoms with van der Waals surface area (Å²) in [5.74, 6) is -0.737. The van der Waals surface area contributed by atoms with Gasteiger partial charge in [0.1, 0.15) is 11.6 Å². The van der Waals surface area contributed by atoms with Gasteiger partial charge in [-0.2, -0.15) is 13.2 Å². The molecule has 0 bridgehead atoms.